The number of rotatable bonds is 4. The van der Waals surface area contributed by atoms with Crippen molar-refractivity contribution in [2.75, 3.05) is 0 Å². The van der Waals surface area contributed by atoms with E-state index in [-0.39, 0.29) is 6.04 Å². The van der Waals surface area contributed by atoms with Crippen molar-refractivity contribution in [3.63, 3.8) is 0 Å². The Balaban J connectivity index is 2.32. The molecule has 0 spiro atoms. The SMILES string of the molecule is CC(N)Cc1cc(Br)ccc1Oc1ccccc1Br. The van der Waals surface area contributed by atoms with Crippen LogP contribution in [0.1, 0.15) is 12.5 Å². The first-order valence-electron chi connectivity index (χ1n) is 6.02. The summed E-state index contributed by atoms with van der Waals surface area (Å²) in [5.74, 6) is 1.64. The highest BCUT2D eigenvalue weighted by atomic mass is 79.9. The summed E-state index contributed by atoms with van der Waals surface area (Å²) in [7, 11) is 0. The third-order valence-corrected chi connectivity index (χ3v) is 3.77. The largest absolute Gasteiger partial charge is 0.456 e. The molecule has 0 radical (unpaired) electrons. The van der Waals surface area contributed by atoms with Crippen molar-refractivity contribution in [2.45, 2.75) is 19.4 Å². The van der Waals surface area contributed by atoms with Crippen LogP contribution in [0, 0.1) is 0 Å². The molecule has 2 aromatic carbocycles. The molecule has 0 bridgehead atoms. The maximum absolute atomic E-state index is 5.97. The van der Waals surface area contributed by atoms with E-state index in [9.17, 15) is 0 Å². The second kappa shape index (κ2) is 6.55. The number of hydrogen-bond acceptors (Lipinski definition) is 2. The van der Waals surface area contributed by atoms with Gasteiger partial charge in [0.1, 0.15) is 11.5 Å². The third-order valence-electron chi connectivity index (χ3n) is 2.62. The predicted octanol–water partition coefficient (Wildman–Crippen LogP) is 4.89. The van der Waals surface area contributed by atoms with Gasteiger partial charge < -0.3 is 10.5 Å². The second-order valence-corrected chi connectivity index (χ2v) is 6.24. The molecule has 0 aliphatic carbocycles. The van der Waals surface area contributed by atoms with E-state index >= 15 is 0 Å². The Hall–Kier alpha value is -0.840. The van der Waals surface area contributed by atoms with Crippen LogP contribution in [0.25, 0.3) is 0 Å². The summed E-state index contributed by atoms with van der Waals surface area (Å²) < 4.78 is 7.94. The maximum atomic E-state index is 5.97. The van der Waals surface area contributed by atoms with Crippen LogP contribution >= 0.6 is 31.9 Å². The molecule has 2 N–H and O–H groups in total. The molecule has 2 nitrogen and oxygen atoms in total. The number of halogens is 2. The van der Waals surface area contributed by atoms with Gasteiger partial charge in [0.05, 0.1) is 4.47 Å². The average molecular weight is 385 g/mol. The van der Waals surface area contributed by atoms with Crippen LogP contribution in [-0.2, 0) is 6.42 Å². The normalized spacial score (nSPS) is 12.2. The van der Waals surface area contributed by atoms with E-state index in [1.807, 2.05) is 43.3 Å². The van der Waals surface area contributed by atoms with Gasteiger partial charge in [-0.05, 0) is 65.2 Å². The van der Waals surface area contributed by atoms with Gasteiger partial charge in [-0.15, -0.1) is 0 Å². The predicted molar refractivity (Wildman–Crippen MR) is 85.7 cm³/mol. The van der Waals surface area contributed by atoms with Crippen molar-refractivity contribution in [2.24, 2.45) is 5.73 Å². The fourth-order valence-corrected chi connectivity index (χ4v) is 2.57. The Morgan fingerprint density at radius 3 is 2.53 bits per heavy atom. The Labute approximate surface area is 130 Å². The van der Waals surface area contributed by atoms with Crippen LogP contribution in [-0.4, -0.2) is 6.04 Å². The van der Waals surface area contributed by atoms with Gasteiger partial charge in [-0.3, -0.25) is 0 Å². The number of benzene rings is 2. The molecule has 2 aromatic rings. The first-order chi connectivity index (χ1) is 9.06. The standard InChI is InChI=1S/C15H15Br2NO/c1-10(18)8-11-9-12(16)6-7-14(11)19-15-5-3-2-4-13(15)17/h2-7,9-10H,8,18H2,1H3. The summed E-state index contributed by atoms with van der Waals surface area (Å²) >= 11 is 6.97. The smallest absolute Gasteiger partial charge is 0.141 e. The highest BCUT2D eigenvalue weighted by Crippen LogP contribution is 2.32. The molecule has 19 heavy (non-hydrogen) atoms. The quantitative estimate of drug-likeness (QED) is 0.813. The molecule has 2 rings (SSSR count). The third kappa shape index (κ3) is 4.06. The lowest BCUT2D eigenvalue weighted by Gasteiger charge is -2.14. The number of para-hydroxylation sites is 1. The van der Waals surface area contributed by atoms with Crippen LogP contribution in [0.2, 0.25) is 0 Å². The van der Waals surface area contributed by atoms with Gasteiger partial charge in [-0.2, -0.15) is 0 Å². The fraction of sp³-hybridized carbons (Fsp3) is 0.200. The summed E-state index contributed by atoms with van der Waals surface area (Å²) in [6, 6.07) is 13.9. The highest BCUT2D eigenvalue weighted by molar-refractivity contribution is 9.10. The van der Waals surface area contributed by atoms with E-state index < -0.39 is 0 Å². The van der Waals surface area contributed by atoms with Crippen LogP contribution in [0.5, 0.6) is 11.5 Å². The van der Waals surface area contributed by atoms with Crippen molar-refractivity contribution in [1.82, 2.24) is 0 Å². The fourth-order valence-electron chi connectivity index (χ4n) is 1.80. The number of hydrogen-bond donors (Lipinski definition) is 1. The lowest BCUT2D eigenvalue weighted by molar-refractivity contribution is 0.471. The van der Waals surface area contributed by atoms with E-state index in [0.717, 1.165) is 32.4 Å². The van der Waals surface area contributed by atoms with Gasteiger partial charge in [0.25, 0.3) is 0 Å². The van der Waals surface area contributed by atoms with E-state index in [4.69, 9.17) is 10.5 Å². The van der Waals surface area contributed by atoms with Crippen molar-refractivity contribution in [1.29, 1.82) is 0 Å². The summed E-state index contributed by atoms with van der Waals surface area (Å²) in [6.45, 7) is 1.99. The van der Waals surface area contributed by atoms with Gasteiger partial charge >= 0.3 is 0 Å². The van der Waals surface area contributed by atoms with Crippen LogP contribution in [0.4, 0.5) is 0 Å². The minimum Gasteiger partial charge on any atom is -0.456 e. The summed E-state index contributed by atoms with van der Waals surface area (Å²) in [4.78, 5) is 0. The van der Waals surface area contributed by atoms with Gasteiger partial charge in [0, 0.05) is 10.5 Å². The van der Waals surface area contributed by atoms with Gasteiger partial charge in [0.15, 0.2) is 0 Å². The molecule has 0 fully saturated rings. The maximum Gasteiger partial charge on any atom is 0.141 e. The lowest BCUT2D eigenvalue weighted by atomic mass is 10.1. The molecule has 1 atom stereocenters. The zero-order valence-electron chi connectivity index (χ0n) is 10.6. The summed E-state index contributed by atoms with van der Waals surface area (Å²) in [5, 5.41) is 0. The molecule has 0 aromatic heterocycles. The van der Waals surface area contributed by atoms with Crippen LogP contribution in [0.3, 0.4) is 0 Å². The van der Waals surface area contributed by atoms with Crippen molar-refractivity contribution >= 4 is 31.9 Å². The average Bonchev–Trinajstić information content (AvgIpc) is 2.34. The van der Waals surface area contributed by atoms with Gasteiger partial charge in [-0.1, -0.05) is 28.1 Å². The number of ether oxygens (including phenoxy) is 1. The monoisotopic (exact) mass is 383 g/mol. The van der Waals surface area contributed by atoms with Crippen molar-refractivity contribution < 1.29 is 4.74 Å². The van der Waals surface area contributed by atoms with Gasteiger partial charge in [-0.25, -0.2) is 0 Å². The molecule has 1 unspecified atom stereocenters. The molecule has 0 heterocycles. The Kier molecular flexibility index (Phi) is 5.02. The molecule has 4 heteroatoms. The van der Waals surface area contributed by atoms with Crippen LogP contribution in [0.15, 0.2) is 51.4 Å². The molecule has 0 saturated carbocycles. The lowest BCUT2D eigenvalue weighted by Crippen LogP contribution is -2.18. The van der Waals surface area contributed by atoms with Crippen molar-refractivity contribution in [3.8, 4) is 11.5 Å². The minimum absolute atomic E-state index is 0.0934. The molecule has 100 valence electrons. The highest BCUT2D eigenvalue weighted by Gasteiger charge is 2.09. The molecule has 0 aliphatic rings. The molecule has 0 saturated heterocycles. The summed E-state index contributed by atoms with van der Waals surface area (Å²) in [5.41, 5.74) is 6.98. The molecular weight excluding hydrogens is 370 g/mol. The molecule has 0 amide bonds. The second-order valence-electron chi connectivity index (χ2n) is 4.47. The zero-order chi connectivity index (χ0) is 13.8. The van der Waals surface area contributed by atoms with E-state index in [1.165, 1.54) is 0 Å². The van der Waals surface area contributed by atoms with E-state index in [2.05, 4.69) is 37.9 Å². The van der Waals surface area contributed by atoms with Crippen molar-refractivity contribution in [3.05, 3.63) is 57.0 Å². The Morgan fingerprint density at radius 1 is 1.11 bits per heavy atom. The molecule has 0 aliphatic heterocycles. The Morgan fingerprint density at radius 2 is 1.84 bits per heavy atom. The number of nitrogens with two attached hydrogens (primary N) is 1. The van der Waals surface area contributed by atoms with E-state index in [1.54, 1.807) is 0 Å². The molecular formula is C15H15Br2NO. The minimum atomic E-state index is 0.0934. The Bertz CT molecular complexity index is 570. The van der Waals surface area contributed by atoms with Gasteiger partial charge in [0.2, 0.25) is 0 Å². The first kappa shape index (κ1) is 14.6. The zero-order valence-corrected chi connectivity index (χ0v) is 13.7. The summed E-state index contributed by atoms with van der Waals surface area (Å²) in [6.07, 6.45) is 0.777. The van der Waals surface area contributed by atoms with E-state index in [0.29, 0.717) is 0 Å². The van der Waals surface area contributed by atoms with Crippen LogP contribution < -0.4 is 10.5 Å². The topological polar surface area (TPSA) is 35.2 Å². The first-order valence-corrected chi connectivity index (χ1v) is 7.61.